The first-order valence-corrected chi connectivity index (χ1v) is 8.55. The van der Waals surface area contributed by atoms with Crippen LogP contribution in [0.1, 0.15) is 34.5 Å². The average Bonchev–Trinajstić information content (AvgIpc) is 2.96. The lowest BCUT2D eigenvalue weighted by Gasteiger charge is -2.15. The molecule has 0 atom stereocenters. The molecule has 1 aliphatic rings. The molecule has 0 spiro atoms. The molecule has 0 saturated carbocycles. The van der Waals surface area contributed by atoms with E-state index in [1.54, 1.807) is 10.6 Å². The smallest absolute Gasteiger partial charge is 0.280 e. The van der Waals surface area contributed by atoms with Gasteiger partial charge in [0.15, 0.2) is 0 Å². The topological polar surface area (TPSA) is 65.1 Å². The van der Waals surface area contributed by atoms with E-state index in [9.17, 15) is 14.9 Å². The van der Waals surface area contributed by atoms with Crippen molar-refractivity contribution in [3.05, 3.63) is 74.4 Å². The highest BCUT2D eigenvalue weighted by molar-refractivity contribution is 6.32. The van der Waals surface area contributed by atoms with Gasteiger partial charge in [-0.2, -0.15) is 0 Å². The molecular weight excluding hydrogens is 340 g/mol. The Hall–Kier alpha value is -2.66. The highest BCUT2D eigenvalue weighted by Gasteiger charge is 2.25. The highest BCUT2D eigenvalue weighted by Crippen LogP contribution is 2.33. The van der Waals surface area contributed by atoms with Crippen LogP contribution < -0.4 is 0 Å². The van der Waals surface area contributed by atoms with Crippen LogP contribution in [0.15, 0.2) is 42.5 Å². The van der Waals surface area contributed by atoms with Crippen LogP contribution in [0.5, 0.6) is 0 Å². The van der Waals surface area contributed by atoms with Gasteiger partial charge in [0.2, 0.25) is 0 Å². The summed E-state index contributed by atoms with van der Waals surface area (Å²) < 4.78 is 1.72. The lowest BCUT2D eigenvalue weighted by atomic mass is 9.95. The summed E-state index contributed by atoms with van der Waals surface area (Å²) in [5.41, 5.74) is 3.12. The number of halogens is 1. The monoisotopic (exact) mass is 354 g/mol. The number of hydrogen-bond acceptors (Lipinski definition) is 3. The van der Waals surface area contributed by atoms with Gasteiger partial charge in [0, 0.05) is 22.7 Å². The Balaban J connectivity index is 1.92. The van der Waals surface area contributed by atoms with Gasteiger partial charge in [-0.25, -0.2) is 0 Å². The Kier molecular flexibility index (Phi) is 3.81. The molecule has 2 aromatic carbocycles. The molecule has 1 heterocycles. The fourth-order valence-corrected chi connectivity index (χ4v) is 3.83. The molecular formula is C19H15ClN2O3. The summed E-state index contributed by atoms with van der Waals surface area (Å²) in [7, 11) is 0. The predicted octanol–water partition coefficient (Wildman–Crippen LogP) is 4.77. The van der Waals surface area contributed by atoms with Gasteiger partial charge in [-0.1, -0.05) is 29.8 Å². The minimum atomic E-state index is -0.567. The van der Waals surface area contributed by atoms with Crippen LogP contribution >= 0.6 is 11.6 Å². The normalized spacial score (nSPS) is 13.6. The fraction of sp³-hybridized carbons (Fsp3) is 0.211. The summed E-state index contributed by atoms with van der Waals surface area (Å²) in [5.74, 6) is -0.251. The van der Waals surface area contributed by atoms with Crippen molar-refractivity contribution in [2.45, 2.75) is 25.7 Å². The Morgan fingerprint density at radius 2 is 1.88 bits per heavy atom. The molecule has 0 bridgehead atoms. The number of nitro groups is 1. The Morgan fingerprint density at radius 1 is 1.12 bits per heavy atom. The molecule has 25 heavy (non-hydrogen) atoms. The summed E-state index contributed by atoms with van der Waals surface area (Å²) >= 11 is 5.87. The number of hydrogen-bond donors (Lipinski definition) is 0. The lowest BCUT2D eigenvalue weighted by molar-refractivity contribution is -0.384. The van der Waals surface area contributed by atoms with Gasteiger partial charge in [0.25, 0.3) is 11.6 Å². The third kappa shape index (κ3) is 2.51. The van der Waals surface area contributed by atoms with E-state index < -0.39 is 4.92 Å². The summed E-state index contributed by atoms with van der Waals surface area (Å²) in [6.45, 7) is 0. The number of rotatable bonds is 2. The molecule has 1 aromatic heterocycles. The molecule has 0 unspecified atom stereocenters. The maximum atomic E-state index is 13.2. The van der Waals surface area contributed by atoms with Crippen molar-refractivity contribution in [1.82, 2.24) is 4.57 Å². The van der Waals surface area contributed by atoms with Crippen molar-refractivity contribution in [1.29, 1.82) is 0 Å². The van der Waals surface area contributed by atoms with Crippen LogP contribution in [0, 0.1) is 10.1 Å². The van der Waals surface area contributed by atoms with E-state index in [2.05, 4.69) is 0 Å². The summed E-state index contributed by atoms with van der Waals surface area (Å²) in [6, 6.07) is 12.0. The SMILES string of the molecule is O=C(c1ccc(Cl)c([N+](=O)[O-])c1)n1c2c(c3ccccc31)CCCC2. The van der Waals surface area contributed by atoms with Crippen LogP contribution in [0.2, 0.25) is 5.02 Å². The van der Waals surface area contributed by atoms with Crippen LogP contribution in [0.25, 0.3) is 10.9 Å². The number of aryl methyl sites for hydroxylation is 1. The number of para-hydroxylation sites is 1. The maximum Gasteiger partial charge on any atom is 0.288 e. The standard InChI is InChI=1S/C19H15ClN2O3/c20-15-10-9-12(11-18(15)22(24)25)19(23)21-16-7-3-1-5-13(16)14-6-2-4-8-17(14)21/h1,3,5,7,9-11H,2,4,6,8H2. The van der Waals surface area contributed by atoms with Crippen molar-refractivity contribution in [3.63, 3.8) is 0 Å². The molecule has 6 heteroatoms. The minimum Gasteiger partial charge on any atom is -0.280 e. The second-order valence-electron chi connectivity index (χ2n) is 6.21. The summed E-state index contributed by atoms with van der Waals surface area (Å²) in [4.78, 5) is 23.7. The van der Waals surface area contributed by atoms with Gasteiger partial charge in [-0.05, 0) is 49.4 Å². The number of nitro benzene ring substituents is 1. The van der Waals surface area contributed by atoms with Crippen molar-refractivity contribution in [3.8, 4) is 0 Å². The molecule has 4 rings (SSSR count). The van der Waals surface area contributed by atoms with Crippen molar-refractivity contribution in [2.75, 3.05) is 0 Å². The third-order valence-corrected chi connectivity index (χ3v) is 5.09. The van der Waals surface area contributed by atoms with Gasteiger partial charge in [-0.15, -0.1) is 0 Å². The highest BCUT2D eigenvalue weighted by atomic mass is 35.5. The predicted molar refractivity (Wildman–Crippen MR) is 96.4 cm³/mol. The van der Waals surface area contributed by atoms with Gasteiger partial charge >= 0.3 is 0 Å². The number of aromatic nitrogens is 1. The molecule has 126 valence electrons. The van der Waals surface area contributed by atoms with Gasteiger partial charge in [0.05, 0.1) is 10.4 Å². The van der Waals surface area contributed by atoms with E-state index in [1.165, 1.54) is 17.7 Å². The van der Waals surface area contributed by atoms with E-state index >= 15 is 0 Å². The zero-order valence-corrected chi connectivity index (χ0v) is 14.1. The lowest BCUT2D eigenvalue weighted by Crippen LogP contribution is -2.17. The van der Waals surface area contributed by atoms with E-state index in [4.69, 9.17) is 11.6 Å². The van der Waals surface area contributed by atoms with E-state index in [0.717, 1.165) is 42.3 Å². The van der Waals surface area contributed by atoms with Crippen molar-refractivity contribution < 1.29 is 9.72 Å². The largest absolute Gasteiger partial charge is 0.288 e. The van der Waals surface area contributed by atoms with E-state index in [0.29, 0.717) is 0 Å². The van der Waals surface area contributed by atoms with Crippen molar-refractivity contribution >= 4 is 34.1 Å². The average molecular weight is 355 g/mol. The van der Waals surface area contributed by atoms with Crippen LogP contribution in [0.4, 0.5) is 5.69 Å². The van der Waals surface area contributed by atoms with Gasteiger partial charge in [0.1, 0.15) is 5.02 Å². The Bertz CT molecular complexity index is 1020. The first-order chi connectivity index (χ1) is 12.1. The van der Waals surface area contributed by atoms with Crippen LogP contribution in [0.3, 0.4) is 0 Å². The zero-order valence-electron chi connectivity index (χ0n) is 13.4. The number of fused-ring (bicyclic) bond motifs is 3. The molecule has 1 aliphatic carbocycles. The van der Waals surface area contributed by atoms with E-state index in [1.807, 2.05) is 24.3 Å². The third-order valence-electron chi connectivity index (χ3n) is 4.77. The molecule has 0 fully saturated rings. The molecule has 3 aromatic rings. The van der Waals surface area contributed by atoms with Gasteiger partial charge < -0.3 is 0 Å². The minimum absolute atomic E-state index is 0.0287. The molecule has 5 nitrogen and oxygen atoms in total. The quantitative estimate of drug-likeness (QED) is 0.491. The summed E-state index contributed by atoms with van der Waals surface area (Å²) in [5, 5.41) is 12.3. The van der Waals surface area contributed by atoms with E-state index in [-0.39, 0.29) is 22.2 Å². The molecule has 0 amide bonds. The number of nitrogens with zero attached hydrogens (tertiary/aromatic N) is 2. The first kappa shape index (κ1) is 15.8. The second-order valence-corrected chi connectivity index (χ2v) is 6.62. The van der Waals surface area contributed by atoms with Crippen molar-refractivity contribution in [2.24, 2.45) is 0 Å². The molecule has 0 saturated heterocycles. The number of benzene rings is 2. The Morgan fingerprint density at radius 3 is 2.68 bits per heavy atom. The maximum absolute atomic E-state index is 13.2. The number of carbonyl (C=O) groups excluding carboxylic acids is 1. The van der Waals surface area contributed by atoms with Crippen LogP contribution in [-0.4, -0.2) is 15.4 Å². The fourth-order valence-electron chi connectivity index (χ4n) is 3.64. The summed E-state index contributed by atoms with van der Waals surface area (Å²) in [6.07, 6.45) is 3.95. The zero-order chi connectivity index (χ0) is 17.6. The number of carbonyl (C=O) groups is 1. The molecule has 0 radical (unpaired) electrons. The van der Waals surface area contributed by atoms with Gasteiger partial charge in [-0.3, -0.25) is 19.5 Å². The first-order valence-electron chi connectivity index (χ1n) is 8.18. The molecule has 0 N–H and O–H groups in total. The molecule has 0 aliphatic heterocycles. The second kappa shape index (κ2) is 6.01. The van der Waals surface area contributed by atoms with Crippen LogP contribution in [-0.2, 0) is 12.8 Å². The Labute approximate surface area is 149 Å².